The number of rotatable bonds is 6. The molecule has 0 aliphatic carbocycles. The molecule has 3 aromatic carbocycles. The SMILES string of the molecule is O=C(O)c1cccc(COc2ccc3c(=O)c(-c4ccc(NS(=O)#CO)cc4)coc3c2)c1. The van der Waals surface area contributed by atoms with Crippen LogP contribution in [0.3, 0.4) is 0 Å². The van der Waals surface area contributed by atoms with Gasteiger partial charge in [-0.25, -0.2) is 4.79 Å². The number of nitrogens with one attached hydrogen (secondary N) is 1. The van der Waals surface area contributed by atoms with Crippen LogP contribution in [-0.4, -0.2) is 20.4 Å². The quantitative estimate of drug-likeness (QED) is 0.393. The van der Waals surface area contributed by atoms with E-state index in [-0.39, 0.29) is 17.6 Å². The maximum atomic E-state index is 13.0. The van der Waals surface area contributed by atoms with E-state index in [9.17, 15) is 13.8 Å². The minimum Gasteiger partial charge on any atom is -0.489 e. The Morgan fingerprint density at radius 3 is 2.61 bits per heavy atom. The molecule has 0 fully saturated rings. The molecule has 0 spiro atoms. The van der Waals surface area contributed by atoms with Crippen molar-refractivity contribution in [1.82, 2.24) is 0 Å². The van der Waals surface area contributed by atoms with Crippen LogP contribution in [-0.2, 0) is 17.0 Å². The van der Waals surface area contributed by atoms with E-state index in [0.29, 0.717) is 39.1 Å². The van der Waals surface area contributed by atoms with Gasteiger partial charge in [0.1, 0.15) is 40.0 Å². The molecule has 0 saturated carbocycles. The Kier molecular flexibility index (Phi) is 6.28. The maximum absolute atomic E-state index is 13.0. The number of aliphatic hydroxyl groups is 1. The number of aliphatic hydroxyl groups excluding tert-OH is 1. The maximum Gasteiger partial charge on any atom is 0.335 e. The van der Waals surface area contributed by atoms with Crippen LogP contribution in [0.15, 0.2) is 82.2 Å². The van der Waals surface area contributed by atoms with Gasteiger partial charge in [0, 0.05) is 6.07 Å². The molecule has 0 bridgehead atoms. The summed E-state index contributed by atoms with van der Waals surface area (Å²) in [5.74, 6) is -0.539. The Balaban J connectivity index is 1.55. The molecule has 4 rings (SSSR count). The minimum atomic E-state index is -1.83. The van der Waals surface area contributed by atoms with Crippen molar-refractivity contribution in [3.63, 3.8) is 0 Å². The summed E-state index contributed by atoms with van der Waals surface area (Å²) in [5, 5.41) is 19.7. The van der Waals surface area contributed by atoms with Crippen LogP contribution in [0.4, 0.5) is 5.69 Å². The predicted molar refractivity (Wildman–Crippen MR) is 123 cm³/mol. The molecule has 0 aliphatic rings. The number of hydrogen-bond acceptors (Lipinski definition) is 6. The van der Waals surface area contributed by atoms with Crippen LogP contribution in [0.2, 0.25) is 0 Å². The van der Waals surface area contributed by atoms with E-state index in [1.807, 2.05) is 0 Å². The first-order chi connectivity index (χ1) is 15.9. The molecule has 166 valence electrons. The first kappa shape index (κ1) is 21.9. The van der Waals surface area contributed by atoms with Crippen molar-refractivity contribution in [2.45, 2.75) is 6.61 Å². The smallest absolute Gasteiger partial charge is 0.335 e. The zero-order valence-electron chi connectivity index (χ0n) is 17.0. The van der Waals surface area contributed by atoms with Crippen LogP contribution >= 0.6 is 0 Å². The zero-order chi connectivity index (χ0) is 23.4. The molecule has 0 amide bonds. The van der Waals surface area contributed by atoms with Gasteiger partial charge in [0.05, 0.1) is 22.2 Å². The number of carboxylic acids is 1. The Hall–Kier alpha value is -4.30. The van der Waals surface area contributed by atoms with Gasteiger partial charge in [-0.2, -0.15) is 4.21 Å². The van der Waals surface area contributed by atoms with Crippen molar-refractivity contribution in [1.29, 1.82) is 0 Å². The van der Waals surface area contributed by atoms with E-state index in [1.165, 1.54) is 18.4 Å². The Morgan fingerprint density at radius 1 is 1.09 bits per heavy atom. The number of ether oxygens (including phenoxy) is 1. The third kappa shape index (κ3) is 4.97. The number of carbonyl (C=O) groups is 1. The normalized spacial score (nSPS) is 10.5. The minimum absolute atomic E-state index is 0.159. The fraction of sp³-hybridized carbons (Fsp3) is 0.0417. The van der Waals surface area contributed by atoms with E-state index < -0.39 is 16.4 Å². The van der Waals surface area contributed by atoms with Crippen molar-refractivity contribution >= 4 is 33.0 Å². The Morgan fingerprint density at radius 2 is 1.88 bits per heavy atom. The van der Waals surface area contributed by atoms with Crippen LogP contribution in [0.25, 0.3) is 22.1 Å². The Bertz CT molecular complexity index is 1550. The second kappa shape index (κ2) is 9.46. The van der Waals surface area contributed by atoms with Crippen LogP contribution in [0.5, 0.6) is 5.75 Å². The summed E-state index contributed by atoms with van der Waals surface area (Å²) in [7, 11) is -1.83. The molecule has 0 atom stereocenters. The highest BCUT2D eigenvalue weighted by molar-refractivity contribution is 7.75. The van der Waals surface area contributed by atoms with Crippen molar-refractivity contribution < 1.29 is 28.4 Å². The molecule has 0 radical (unpaired) electrons. The third-order valence-electron chi connectivity index (χ3n) is 4.81. The summed E-state index contributed by atoms with van der Waals surface area (Å²) < 4.78 is 25.2. The summed E-state index contributed by atoms with van der Waals surface area (Å²) >= 11 is 0. The molecule has 4 aromatic rings. The van der Waals surface area contributed by atoms with Crippen LogP contribution in [0.1, 0.15) is 15.9 Å². The van der Waals surface area contributed by atoms with Gasteiger partial charge >= 0.3 is 5.97 Å². The number of carboxylic acid groups (broad SMARTS) is 1. The third-order valence-corrected chi connectivity index (χ3v) is 5.40. The van der Waals surface area contributed by atoms with E-state index in [4.69, 9.17) is 19.4 Å². The van der Waals surface area contributed by atoms with Gasteiger partial charge in [0.15, 0.2) is 5.43 Å². The lowest BCUT2D eigenvalue weighted by Crippen LogP contribution is -2.05. The van der Waals surface area contributed by atoms with Gasteiger partial charge in [0.25, 0.3) is 0 Å². The standard InChI is InChI=1S/C24H17NO7S/c26-14-33(30)25-18-6-4-16(5-7-18)21-13-32-22-11-19(8-9-20(22)23(21)27)31-12-15-2-1-3-17(10-15)24(28)29/h1-11,13,26H,12H2,(H,25,30)(H,28,29). The number of aromatic carboxylic acids is 1. The number of fused-ring (bicyclic) bond motifs is 1. The molecule has 0 unspecified atom stereocenters. The first-order valence-corrected chi connectivity index (χ1v) is 10.8. The van der Waals surface area contributed by atoms with Gasteiger partial charge in [-0.1, -0.05) is 24.3 Å². The summed E-state index contributed by atoms with van der Waals surface area (Å²) in [4.78, 5) is 24.1. The lowest BCUT2D eigenvalue weighted by Gasteiger charge is -2.08. The van der Waals surface area contributed by atoms with E-state index in [0.717, 1.165) is 0 Å². The molecular formula is C24H17NO7S. The number of hydrogen-bond donors (Lipinski definition) is 3. The van der Waals surface area contributed by atoms with Crippen molar-refractivity contribution in [3.8, 4) is 22.2 Å². The van der Waals surface area contributed by atoms with Crippen LogP contribution < -0.4 is 14.9 Å². The topological polar surface area (TPSA) is 126 Å². The number of anilines is 1. The van der Waals surface area contributed by atoms with Crippen molar-refractivity contribution in [3.05, 3.63) is 94.3 Å². The van der Waals surface area contributed by atoms with Gasteiger partial charge in [-0.3, -0.25) is 9.52 Å². The van der Waals surface area contributed by atoms with Gasteiger partial charge in [0.2, 0.25) is 0 Å². The molecule has 3 N–H and O–H groups in total. The lowest BCUT2D eigenvalue weighted by atomic mass is 10.1. The van der Waals surface area contributed by atoms with Gasteiger partial charge < -0.3 is 19.4 Å². The highest BCUT2D eigenvalue weighted by atomic mass is 32.2. The predicted octanol–water partition coefficient (Wildman–Crippen LogP) is 4.10. The fourth-order valence-corrected chi connectivity index (χ4v) is 3.60. The molecular weight excluding hydrogens is 446 g/mol. The average Bonchev–Trinajstić information content (AvgIpc) is 2.83. The van der Waals surface area contributed by atoms with Gasteiger partial charge in [-0.15, -0.1) is 0 Å². The summed E-state index contributed by atoms with van der Waals surface area (Å²) in [6.45, 7) is 0.159. The number of benzene rings is 3. The highest BCUT2D eigenvalue weighted by Gasteiger charge is 2.11. The zero-order valence-corrected chi connectivity index (χ0v) is 17.8. The largest absolute Gasteiger partial charge is 0.489 e. The molecule has 1 aromatic heterocycles. The monoisotopic (exact) mass is 463 g/mol. The van der Waals surface area contributed by atoms with E-state index in [1.54, 1.807) is 60.0 Å². The first-order valence-electron chi connectivity index (χ1n) is 9.64. The summed E-state index contributed by atoms with van der Waals surface area (Å²) in [6.07, 6.45) is 1.36. The average molecular weight is 463 g/mol. The molecule has 0 aliphatic heterocycles. The molecule has 0 saturated heterocycles. The molecule has 8 nitrogen and oxygen atoms in total. The highest BCUT2D eigenvalue weighted by Crippen LogP contribution is 2.24. The van der Waals surface area contributed by atoms with Crippen molar-refractivity contribution in [2.75, 3.05) is 4.72 Å². The summed E-state index contributed by atoms with van der Waals surface area (Å²) in [5.41, 5.74) is 2.45. The fourth-order valence-electron chi connectivity index (χ4n) is 3.21. The van der Waals surface area contributed by atoms with E-state index >= 15 is 0 Å². The Labute approximate surface area is 189 Å². The lowest BCUT2D eigenvalue weighted by molar-refractivity contribution is 0.0696. The second-order valence-electron chi connectivity index (χ2n) is 6.97. The molecule has 1 heterocycles. The molecule has 33 heavy (non-hydrogen) atoms. The summed E-state index contributed by atoms with van der Waals surface area (Å²) in [6, 6.07) is 17.9. The van der Waals surface area contributed by atoms with Gasteiger partial charge in [-0.05, 0) is 47.5 Å². The van der Waals surface area contributed by atoms with E-state index in [2.05, 4.69) is 4.72 Å². The van der Waals surface area contributed by atoms with Crippen LogP contribution in [0, 0.1) is 5.37 Å². The second-order valence-corrected chi connectivity index (χ2v) is 7.89. The van der Waals surface area contributed by atoms with Crippen molar-refractivity contribution in [2.24, 2.45) is 0 Å². The molecule has 9 heteroatoms.